The zero-order valence-electron chi connectivity index (χ0n) is 14.8. The summed E-state index contributed by atoms with van der Waals surface area (Å²) < 4.78 is 12.2. The van der Waals surface area contributed by atoms with E-state index in [-0.39, 0.29) is 11.9 Å². The number of hydrogen-bond acceptors (Lipinski definition) is 5. The third-order valence-electron chi connectivity index (χ3n) is 4.77. The van der Waals surface area contributed by atoms with Gasteiger partial charge in [-0.05, 0) is 30.7 Å². The fourth-order valence-electron chi connectivity index (χ4n) is 3.57. The third kappa shape index (κ3) is 2.90. The van der Waals surface area contributed by atoms with Gasteiger partial charge in [-0.1, -0.05) is 18.2 Å². The molecule has 1 aromatic heterocycles. The lowest BCUT2D eigenvalue weighted by Crippen LogP contribution is -2.27. The van der Waals surface area contributed by atoms with Gasteiger partial charge >= 0.3 is 0 Å². The highest BCUT2D eigenvalue weighted by Gasteiger charge is 2.36. The molecule has 26 heavy (non-hydrogen) atoms. The number of aromatic nitrogens is 1. The molecule has 0 radical (unpaired) electrons. The number of ether oxygens (including phenoxy) is 2. The lowest BCUT2D eigenvalue weighted by molar-refractivity contribution is -0.129. The molecular weight excluding hydrogens is 348 g/mol. The van der Waals surface area contributed by atoms with Gasteiger partial charge in [-0.3, -0.25) is 4.79 Å². The Balaban J connectivity index is 1.70. The quantitative estimate of drug-likeness (QED) is 0.678. The monoisotopic (exact) mass is 368 g/mol. The predicted octanol–water partition coefficient (Wildman–Crippen LogP) is 4.18. The number of thiazole rings is 1. The molecule has 6 heteroatoms. The van der Waals surface area contributed by atoms with Crippen LogP contribution in [-0.2, 0) is 11.3 Å². The molecule has 1 saturated heterocycles. The molecule has 1 aliphatic heterocycles. The van der Waals surface area contributed by atoms with Gasteiger partial charge in [-0.2, -0.15) is 0 Å². The second kappa shape index (κ2) is 6.96. The molecule has 0 saturated carbocycles. The fourth-order valence-corrected chi connectivity index (χ4v) is 4.54. The Hall–Kier alpha value is -2.60. The van der Waals surface area contributed by atoms with Crippen molar-refractivity contribution in [2.45, 2.75) is 25.4 Å². The van der Waals surface area contributed by atoms with Gasteiger partial charge in [0.1, 0.15) is 16.5 Å². The van der Waals surface area contributed by atoms with Gasteiger partial charge in [0.15, 0.2) is 0 Å². The molecule has 5 nitrogen and oxygen atoms in total. The summed E-state index contributed by atoms with van der Waals surface area (Å²) in [6, 6.07) is 13.7. The molecule has 1 aliphatic rings. The van der Waals surface area contributed by atoms with Crippen LogP contribution >= 0.6 is 11.3 Å². The molecule has 134 valence electrons. The molecule has 1 atom stereocenters. The number of benzene rings is 2. The van der Waals surface area contributed by atoms with Crippen molar-refractivity contribution in [3.8, 4) is 11.5 Å². The average Bonchev–Trinajstić information content (AvgIpc) is 3.24. The first-order chi connectivity index (χ1) is 12.7. The number of para-hydroxylation sites is 1. The van der Waals surface area contributed by atoms with Crippen LogP contribution in [0.5, 0.6) is 11.5 Å². The zero-order chi connectivity index (χ0) is 18.1. The highest BCUT2D eigenvalue weighted by molar-refractivity contribution is 7.18. The molecule has 1 fully saturated rings. The summed E-state index contributed by atoms with van der Waals surface area (Å²) in [5.41, 5.74) is 1.91. The number of amides is 1. The summed E-state index contributed by atoms with van der Waals surface area (Å²) in [5, 5.41) is 0.945. The van der Waals surface area contributed by atoms with Crippen LogP contribution in [0.4, 0.5) is 0 Å². The molecule has 0 spiro atoms. The van der Waals surface area contributed by atoms with Crippen molar-refractivity contribution in [3.05, 3.63) is 53.0 Å². The number of carbonyl (C=O) groups is 1. The van der Waals surface area contributed by atoms with Crippen LogP contribution < -0.4 is 9.47 Å². The van der Waals surface area contributed by atoms with Gasteiger partial charge < -0.3 is 14.4 Å². The van der Waals surface area contributed by atoms with Gasteiger partial charge in [0.2, 0.25) is 5.91 Å². The number of methoxy groups -OCH3 is 2. The topological polar surface area (TPSA) is 51.7 Å². The van der Waals surface area contributed by atoms with Crippen LogP contribution in [0.1, 0.15) is 29.5 Å². The lowest BCUT2D eigenvalue weighted by atomic mass is 10.0. The number of rotatable bonds is 5. The van der Waals surface area contributed by atoms with E-state index >= 15 is 0 Å². The van der Waals surface area contributed by atoms with E-state index in [0.29, 0.717) is 13.0 Å². The summed E-state index contributed by atoms with van der Waals surface area (Å²) in [5.74, 6) is 1.64. The average molecular weight is 368 g/mol. The van der Waals surface area contributed by atoms with Crippen molar-refractivity contribution in [2.75, 3.05) is 14.2 Å². The van der Waals surface area contributed by atoms with E-state index in [4.69, 9.17) is 9.47 Å². The Morgan fingerprint density at radius 3 is 2.54 bits per heavy atom. The van der Waals surface area contributed by atoms with Gasteiger partial charge in [-0.15, -0.1) is 11.3 Å². The maximum atomic E-state index is 12.6. The first-order valence-corrected chi connectivity index (χ1v) is 9.37. The Labute approximate surface area is 156 Å². The van der Waals surface area contributed by atoms with Crippen molar-refractivity contribution in [2.24, 2.45) is 0 Å². The van der Waals surface area contributed by atoms with Gasteiger partial charge in [0.05, 0.1) is 42.6 Å². The fraction of sp³-hybridized carbons (Fsp3) is 0.300. The number of nitrogens with zero attached hydrogens (tertiary/aromatic N) is 2. The van der Waals surface area contributed by atoms with E-state index in [2.05, 4.69) is 11.1 Å². The largest absolute Gasteiger partial charge is 0.496 e. The molecule has 2 heterocycles. The maximum Gasteiger partial charge on any atom is 0.223 e. The molecule has 0 N–H and O–H groups in total. The molecule has 1 unspecified atom stereocenters. The van der Waals surface area contributed by atoms with Gasteiger partial charge in [0.25, 0.3) is 0 Å². The normalized spacial score (nSPS) is 17.1. The molecule has 3 aromatic rings. The molecule has 0 aliphatic carbocycles. The second-order valence-corrected chi connectivity index (χ2v) is 7.34. The van der Waals surface area contributed by atoms with E-state index < -0.39 is 0 Å². The van der Waals surface area contributed by atoms with E-state index in [1.165, 1.54) is 0 Å². The van der Waals surface area contributed by atoms with Crippen molar-refractivity contribution in [1.82, 2.24) is 9.88 Å². The minimum atomic E-state index is -0.0689. The van der Waals surface area contributed by atoms with Crippen molar-refractivity contribution in [3.63, 3.8) is 0 Å². The SMILES string of the molecule is COc1cccc(OC)c1C1CCC(=O)N1Cc1nc2ccccc2s1. The molecule has 2 aromatic carbocycles. The summed E-state index contributed by atoms with van der Waals surface area (Å²) in [7, 11) is 3.29. The van der Waals surface area contributed by atoms with Crippen molar-refractivity contribution < 1.29 is 14.3 Å². The number of hydrogen-bond donors (Lipinski definition) is 0. The van der Waals surface area contributed by atoms with E-state index in [0.717, 1.165) is 38.7 Å². The maximum absolute atomic E-state index is 12.6. The smallest absolute Gasteiger partial charge is 0.223 e. The molecular formula is C20H20N2O3S. The van der Waals surface area contributed by atoms with Crippen LogP contribution in [-0.4, -0.2) is 30.0 Å². The summed E-state index contributed by atoms with van der Waals surface area (Å²) in [6.07, 6.45) is 1.28. The first-order valence-electron chi connectivity index (χ1n) is 8.56. The van der Waals surface area contributed by atoms with Crippen LogP contribution in [0.15, 0.2) is 42.5 Å². The summed E-state index contributed by atoms with van der Waals surface area (Å²) in [4.78, 5) is 19.2. The Morgan fingerprint density at radius 1 is 1.12 bits per heavy atom. The third-order valence-corrected chi connectivity index (χ3v) is 5.79. The molecule has 4 rings (SSSR count). The second-order valence-electron chi connectivity index (χ2n) is 6.23. The highest BCUT2D eigenvalue weighted by Crippen LogP contribution is 2.43. The van der Waals surface area contributed by atoms with E-state index in [9.17, 15) is 4.79 Å². The van der Waals surface area contributed by atoms with Crippen LogP contribution in [0.3, 0.4) is 0 Å². The zero-order valence-corrected chi connectivity index (χ0v) is 15.6. The van der Waals surface area contributed by atoms with Gasteiger partial charge in [-0.25, -0.2) is 4.98 Å². The molecule has 1 amide bonds. The first kappa shape index (κ1) is 16.8. The van der Waals surface area contributed by atoms with Crippen molar-refractivity contribution in [1.29, 1.82) is 0 Å². The Bertz CT molecular complexity index is 898. The van der Waals surface area contributed by atoms with E-state index in [1.54, 1.807) is 25.6 Å². The van der Waals surface area contributed by atoms with Crippen LogP contribution in [0.25, 0.3) is 10.2 Å². The summed E-state index contributed by atoms with van der Waals surface area (Å²) in [6.45, 7) is 0.504. The number of likely N-dealkylation sites (tertiary alicyclic amines) is 1. The number of fused-ring (bicyclic) bond motifs is 1. The summed E-state index contributed by atoms with van der Waals surface area (Å²) >= 11 is 1.64. The van der Waals surface area contributed by atoms with Crippen molar-refractivity contribution >= 4 is 27.5 Å². The van der Waals surface area contributed by atoms with Gasteiger partial charge in [0, 0.05) is 6.42 Å². The Kier molecular flexibility index (Phi) is 4.51. The minimum absolute atomic E-state index is 0.0689. The Morgan fingerprint density at radius 2 is 1.85 bits per heavy atom. The van der Waals surface area contributed by atoms with Crippen LogP contribution in [0, 0.1) is 0 Å². The highest BCUT2D eigenvalue weighted by atomic mass is 32.1. The van der Waals surface area contributed by atoms with E-state index in [1.807, 2.05) is 41.3 Å². The van der Waals surface area contributed by atoms with Crippen LogP contribution in [0.2, 0.25) is 0 Å². The number of carbonyl (C=O) groups excluding carboxylic acids is 1. The standard InChI is InChI=1S/C20H20N2O3S/c1-24-15-7-5-8-16(25-2)20(15)14-10-11-19(23)22(14)12-18-21-13-6-3-4-9-17(13)26-18/h3-9,14H,10-12H2,1-2H3. The predicted molar refractivity (Wildman–Crippen MR) is 102 cm³/mol. The molecule has 0 bridgehead atoms. The lowest BCUT2D eigenvalue weighted by Gasteiger charge is -2.27. The minimum Gasteiger partial charge on any atom is -0.496 e.